The lowest BCUT2D eigenvalue weighted by molar-refractivity contribution is -0.118. The van der Waals surface area contributed by atoms with Crippen LogP contribution in [0.25, 0.3) is 0 Å². The van der Waals surface area contributed by atoms with E-state index >= 15 is 0 Å². The van der Waals surface area contributed by atoms with Crippen LogP contribution in [0.2, 0.25) is 0 Å². The summed E-state index contributed by atoms with van der Waals surface area (Å²) in [4.78, 5) is 23.9. The van der Waals surface area contributed by atoms with E-state index in [1.54, 1.807) is 6.08 Å². The van der Waals surface area contributed by atoms with Crippen molar-refractivity contribution in [3.05, 3.63) is 41.5 Å². The summed E-state index contributed by atoms with van der Waals surface area (Å²) in [6.45, 7) is 4.20. The number of carbonyl (C=O) groups is 2. The van der Waals surface area contributed by atoms with Gasteiger partial charge in [0, 0.05) is 17.7 Å². The van der Waals surface area contributed by atoms with Gasteiger partial charge in [-0.15, -0.1) is 0 Å². The van der Waals surface area contributed by atoms with E-state index in [4.69, 9.17) is 0 Å². The molecule has 2 amide bonds. The van der Waals surface area contributed by atoms with Gasteiger partial charge in [-0.3, -0.25) is 9.59 Å². The maximum atomic E-state index is 12.1. The molecule has 0 saturated heterocycles. The van der Waals surface area contributed by atoms with Gasteiger partial charge in [0.05, 0.1) is 6.04 Å². The molecule has 2 fully saturated rings. The van der Waals surface area contributed by atoms with Gasteiger partial charge in [0.25, 0.3) is 0 Å². The van der Waals surface area contributed by atoms with E-state index < -0.39 is 0 Å². The minimum atomic E-state index is -0.0543. The fourth-order valence-electron chi connectivity index (χ4n) is 3.18. The first-order valence-corrected chi connectivity index (χ1v) is 8.92. The Morgan fingerprint density at radius 3 is 2.46 bits per heavy atom. The first kappa shape index (κ1) is 16.7. The molecule has 0 heterocycles. The highest BCUT2D eigenvalue weighted by Gasteiger charge is 2.29. The average molecular weight is 326 g/mol. The molecule has 3 rings (SSSR count). The number of carbonyl (C=O) groups excluding carboxylic acids is 2. The van der Waals surface area contributed by atoms with E-state index in [9.17, 15) is 9.59 Å². The van der Waals surface area contributed by atoms with Crippen molar-refractivity contribution in [3.63, 3.8) is 0 Å². The molecular weight excluding hydrogens is 300 g/mol. The van der Waals surface area contributed by atoms with Crippen LogP contribution in [0.4, 0.5) is 5.69 Å². The number of allylic oxidation sites excluding steroid dienone is 1. The highest BCUT2D eigenvalue weighted by Crippen LogP contribution is 2.30. The summed E-state index contributed by atoms with van der Waals surface area (Å²) < 4.78 is 0. The van der Waals surface area contributed by atoms with Crippen molar-refractivity contribution in [1.29, 1.82) is 0 Å². The fourth-order valence-corrected chi connectivity index (χ4v) is 3.18. The maximum Gasteiger partial charge on any atom is 0.244 e. The second kappa shape index (κ2) is 7.20. The van der Waals surface area contributed by atoms with Gasteiger partial charge in [0.2, 0.25) is 11.8 Å². The van der Waals surface area contributed by atoms with Crippen molar-refractivity contribution in [2.45, 2.75) is 52.0 Å². The van der Waals surface area contributed by atoms with Gasteiger partial charge in [-0.1, -0.05) is 24.6 Å². The van der Waals surface area contributed by atoms with E-state index in [0.717, 1.165) is 36.9 Å². The average Bonchev–Trinajstić information content (AvgIpc) is 3.32. The van der Waals surface area contributed by atoms with Crippen LogP contribution in [0.15, 0.2) is 35.9 Å². The number of hydrogen-bond acceptors (Lipinski definition) is 2. The Morgan fingerprint density at radius 2 is 1.88 bits per heavy atom. The molecular formula is C20H26N2O2. The van der Waals surface area contributed by atoms with Crippen molar-refractivity contribution in [2.75, 3.05) is 5.32 Å². The Labute approximate surface area is 143 Å². The largest absolute Gasteiger partial charge is 0.346 e. The van der Waals surface area contributed by atoms with Crippen LogP contribution < -0.4 is 10.6 Å². The van der Waals surface area contributed by atoms with E-state index in [2.05, 4.69) is 17.6 Å². The highest BCUT2D eigenvalue weighted by atomic mass is 16.2. The van der Waals surface area contributed by atoms with Crippen LogP contribution in [0, 0.1) is 11.8 Å². The summed E-state index contributed by atoms with van der Waals surface area (Å²) in [5.74, 6) is 0.994. The number of rotatable bonds is 5. The van der Waals surface area contributed by atoms with Crippen molar-refractivity contribution >= 4 is 17.5 Å². The third kappa shape index (κ3) is 4.47. The van der Waals surface area contributed by atoms with Gasteiger partial charge in [-0.25, -0.2) is 0 Å². The zero-order valence-corrected chi connectivity index (χ0v) is 14.5. The predicted octanol–water partition coefficient (Wildman–Crippen LogP) is 3.96. The SMILES string of the molecule is CC1CCC(=CC(=O)NC(C)c2ccc(NC(=O)C3CC3)cc2)C1. The van der Waals surface area contributed by atoms with Gasteiger partial charge in [-0.2, -0.15) is 0 Å². The zero-order chi connectivity index (χ0) is 17.1. The minimum Gasteiger partial charge on any atom is -0.346 e. The van der Waals surface area contributed by atoms with Crippen LogP contribution >= 0.6 is 0 Å². The Morgan fingerprint density at radius 1 is 1.17 bits per heavy atom. The molecule has 2 saturated carbocycles. The molecule has 2 aliphatic rings. The summed E-state index contributed by atoms with van der Waals surface area (Å²) in [7, 11) is 0. The van der Waals surface area contributed by atoms with E-state index in [1.807, 2.05) is 31.2 Å². The number of anilines is 1. The lowest BCUT2D eigenvalue weighted by atomic mass is 10.1. The Kier molecular flexibility index (Phi) is 5.03. The summed E-state index contributed by atoms with van der Waals surface area (Å²) in [5, 5.41) is 5.95. The van der Waals surface area contributed by atoms with Crippen molar-refractivity contribution in [1.82, 2.24) is 5.32 Å². The molecule has 0 bridgehead atoms. The Balaban J connectivity index is 1.53. The van der Waals surface area contributed by atoms with Crippen LogP contribution in [0.3, 0.4) is 0 Å². The molecule has 1 aromatic carbocycles. The van der Waals surface area contributed by atoms with Gasteiger partial charge < -0.3 is 10.6 Å². The number of benzene rings is 1. The lowest BCUT2D eigenvalue weighted by Crippen LogP contribution is -2.25. The monoisotopic (exact) mass is 326 g/mol. The second-order valence-electron chi connectivity index (χ2n) is 7.27. The predicted molar refractivity (Wildman–Crippen MR) is 95.5 cm³/mol. The number of amides is 2. The van der Waals surface area contributed by atoms with Crippen LogP contribution in [-0.2, 0) is 9.59 Å². The van der Waals surface area contributed by atoms with E-state index in [1.165, 1.54) is 12.0 Å². The van der Waals surface area contributed by atoms with Crippen LogP contribution in [0.1, 0.15) is 57.6 Å². The molecule has 2 atom stereocenters. The van der Waals surface area contributed by atoms with Gasteiger partial charge in [0.1, 0.15) is 0 Å². The summed E-state index contributed by atoms with van der Waals surface area (Å²) in [6.07, 6.45) is 7.03. The second-order valence-corrected chi connectivity index (χ2v) is 7.27. The molecule has 4 nitrogen and oxygen atoms in total. The van der Waals surface area contributed by atoms with E-state index in [0.29, 0.717) is 5.92 Å². The quantitative estimate of drug-likeness (QED) is 0.805. The van der Waals surface area contributed by atoms with E-state index in [-0.39, 0.29) is 23.8 Å². The van der Waals surface area contributed by atoms with Crippen LogP contribution in [-0.4, -0.2) is 11.8 Å². The minimum absolute atomic E-state index is 0.0160. The lowest BCUT2D eigenvalue weighted by Gasteiger charge is -2.14. The van der Waals surface area contributed by atoms with Crippen molar-refractivity contribution < 1.29 is 9.59 Å². The number of nitrogens with one attached hydrogen (secondary N) is 2. The molecule has 128 valence electrons. The topological polar surface area (TPSA) is 58.2 Å². The van der Waals surface area contributed by atoms with Gasteiger partial charge >= 0.3 is 0 Å². The molecule has 2 aliphatic carbocycles. The first-order chi connectivity index (χ1) is 11.5. The summed E-state index contributed by atoms with van der Waals surface area (Å²) in [6, 6.07) is 7.66. The fraction of sp³-hybridized carbons (Fsp3) is 0.500. The van der Waals surface area contributed by atoms with Gasteiger partial charge in [0.15, 0.2) is 0 Å². The molecule has 0 radical (unpaired) electrons. The first-order valence-electron chi connectivity index (χ1n) is 8.92. The summed E-state index contributed by atoms with van der Waals surface area (Å²) >= 11 is 0. The standard InChI is InChI=1S/C20H26N2O2/c1-13-3-4-15(11-13)12-19(23)21-14(2)16-7-9-18(10-8-16)22-20(24)17-5-6-17/h7-10,12-14,17H,3-6,11H2,1-2H3,(H,21,23)(H,22,24). The third-order valence-corrected chi connectivity index (χ3v) is 4.89. The molecule has 0 aromatic heterocycles. The normalized spacial score (nSPS) is 23.1. The molecule has 0 aliphatic heterocycles. The molecule has 24 heavy (non-hydrogen) atoms. The third-order valence-electron chi connectivity index (χ3n) is 4.89. The summed E-state index contributed by atoms with van der Waals surface area (Å²) in [5.41, 5.74) is 3.10. The number of hydrogen-bond donors (Lipinski definition) is 2. The Bertz CT molecular complexity index is 644. The zero-order valence-electron chi connectivity index (χ0n) is 14.5. The molecule has 2 N–H and O–H groups in total. The molecule has 0 spiro atoms. The maximum absolute atomic E-state index is 12.1. The van der Waals surface area contributed by atoms with Crippen LogP contribution in [0.5, 0.6) is 0 Å². The highest BCUT2D eigenvalue weighted by molar-refractivity contribution is 5.94. The molecule has 1 aromatic rings. The smallest absolute Gasteiger partial charge is 0.244 e. The van der Waals surface area contributed by atoms with Gasteiger partial charge in [-0.05, 0) is 62.6 Å². The van der Waals surface area contributed by atoms with Crippen molar-refractivity contribution in [3.8, 4) is 0 Å². The molecule has 2 unspecified atom stereocenters. The van der Waals surface area contributed by atoms with Crippen molar-refractivity contribution in [2.24, 2.45) is 11.8 Å². The Hall–Kier alpha value is -2.10. The molecule has 4 heteroatoms.